The number of allylic oxidation sites excluding steroid dienone is 5. The van der Waals surface area contributed by atoms with Crippen molar-refractivity contribution in [2.24, 2.45) is 0 Å². The summed E-state index contributed by atoms with van der Waals surface area (Å²) < 4.78 is 30.9. The zero-order valence-corrected chi connectivity index (χ0v) is 62.1. The fourth-order valence-electron chi connectivity index (χ4n) is 12.2. The van der Waals surface area contributed by atoms with E-state index >= 15 is 0 Å². The molecule has 0 aliphatic heterocycles. The number of hydrogen-bond acceptors (Lipinski definition) is 6. The number of rotatable bonds is 74. The number of phosphoric ester groups is 1. The highest BCUT2D eigenvalue weighted by molar-refractivity contribution is 7.47. The first-order chi connectivity index (χ1) is 43.9. The van der Waals surface area contributed by atoms with Gasteiger partial charge in [-0.3, -0.25) is 18.6 Å². The number of nitrogens with zero attached hydrogens (tertiary/aromatic N) is 1. The zero-order chi connectivity index (χ0) is 65.6. The highest BCUT2D eigenvalue weighted by atomic mass is 31.2. The van der Waals surface area contributed by atoms with Gasteiger partial charge in [-0.1, -0.05) is 372 Å². The van der Waals surface area contributed by atoms with Gasteiger partial charge in [0.05, 0.1) is 33.8 Å². The van der Waals surface area contributed by atoms with Crippen LogP contribution in [0.5, 0.6) is 0 Å². The van der Waals surface area contributed by atoms with Crippen LogP contribution in [0.3, 0.4) is 0 Å². The van der Waals surface area contributed by atoms with E-state index in [0.29, 0.717) is 23.9 Å². The third-order valence-electron chi connectivity index (χ3n) is 18.3. The first kappa shape index (κ1) is 88.2. The summed E-state index contributed by atoms with van der Waals surface area (Å²) in [6, 6.07) is -0.845. The monoisotopic (exact) mass is 1290 g/mol. The van der Waals surface area contributed by atoms with E-state index in [1.165, 1.54) is 315 Å². The predicted molar refractivity (Wildman–Crippen MR) is 393 cm³/mol. The van der Waals surface area contributed by atoms with Gasteiger partial charge in [0.2, 0.25) is 5.91 Å². The van der Waals surface area contributed by atoms with Crippen LogP contribution in [0.25, 0.3) is 0 Å². The summed E-state index contributed by atoms with van der Waals surface area (Å²) in [5.74, 6) is -0.480. The fraction of sp³-hybridized carbons (Fsp3) is 0.900. The van der Waals surface area contributed by atoms with Gasteiger partial charge in [0.25, 0.3) is 0 Å². The van der Waals surface area contributed by atoms with Crippen LogP contribution >= 0.6 is 7.82 Å². The summed E-state index contributed by atoms with van der Waals surface area (Å²) in [7, 11) is 1.52. The topological polar surface area (TPSA) is 111 Å². The van der Waals surface area contributed by atoms with Crippen LogP contribution < -0.4 is 5.32 Å². The molecule has 3 atom stereocenters. The molecular formula is C80H156N2O7P+. The first-order valence-electron chi connectivity index (χ1n) is 39.8. The van der Waals surface area contributed by atoms with Gasteiger partial charge in [0, 0.05) is 12.8 Å². The molecule has 0 aromatic heterocycles. The zero-order valence-electron chi connectivity index (χ0n) is 61.2. The summed E-state index contributed by atoms with van der Waals surface area (Å²) in [6.45, 7) is 7.07. The second kappa shape index (κ2) is 70.0. The molecule has 0 saturated heterocycles. The minimum atomic E-state index is -4.45. The van der Waals surface area contributed by atoms with E-state index in [1.807, 2.05) is 27.2 Å². The molecule has 532 valence electrons. The highest BCUT2D eigenvalue weighted by Gasteiger charge is 2.30. The van der Waals surface area contributed by atoms with Crippen molar-refractivity contribution < 1.29 is 37.3 Å². The molecule has 0 aromatic rings. The van der Waals surface area contributed by atoms with Crippen LogP contribution in [0.2, 0.25) is 0 Å². The average molecular weight is 1290 g/mol. The van der Waals surface area contributed by atoms with Crippen molar-refractivity contribution in [1.29, 1.82) is 0 Å². The molecule has 0 spiro atoms. The lowest BCUT2D eigenvalue weighted by molar-refractivity contribution is -0.870. The lowest BCUT2D eigenvalue weighted by Crippen LogP contribution is -2.47. The van der Waals surface area contributed by atoms with E-state index in [9.17, 15) is 19.0 Å². The molecule has 3 unspecified atom stereocenters. The SMILES string of the molecule is CCCCC/C=C\C/C=C\CCCCCCCCCCCCCCCCCC(=O)OC(/C=C/CCCCCCCCCCCC)C(COP(=O)(O)OCC[N+](C)(C)C)NC(=O)CCCCCCCCCCCCCCCCCCCCCCCCCCCCC. The Bertz CT molecular complexity index is 1630. The van der Waals surface area contributed by atoms with Crippen LogP contribution in [0.4, 0.5) is 0 Å². The number of carbonyl (C=O) groups excluding carboxylic acids is 2. The number of ether oxygens (including phenoxy) is 1. The smallest absolute Gasteiger partial charge is 0.456 e. The van der Waals surface area contributed by atoms with Crippen molar-refractivity contribution in [3.63, 3.8) is 0 Å². The molecule has 0 aliphatic carbocycles. The van der Waals surface area contributed by atoms with E-state index < -0.39 is 20.0 Å². The summed E-state index contributed by atoms with van der Waals surface area (Å²) in [5.41, 5.74) is 0. The van der Waals surface area contributed by atoms with Gasteiger partial charge in [-0.2, -0.15) is 0 Å². The number of phosphoric acid groups is 1. The Balaban J connectivity index is 4.88. The molecule has 10 heteroatoms. The van der Waals surface area contributed by atoms with Gasteiger partial charge < -0.3 is 19.4 Å². The van der Waals surface area contributed by atoms with Crippen LogP contribution in [0.1, 0.15) is 412 Å². The van der Waals surface area contributed by atoms with Crippen molar-refractivity contribution in [3.05, 3.63) is 36.5 Å². The standard InChI is InChI=1S/C80H155N2O7P/c1-7-10-13-16-19-22-25-28-30-32-34-36-38-40-41-43-44-46-48-50-52-54-57-60-63-66-69-72-79(83)81-77(76-88-90(85,86)87-75-74-82(4,5)6)78(71-68-65-62-59-56-27-24-21-18-15-12-9-3)89-80(84)73-70-67-64-61-58-55-53-51-49-47-45-42-39-37-35-33-31-29-26-23-20-17-14-11-8-2/h20,23,29,31,68,71,77-78H,7-19,21-22,24-28,30,32-67,69-70,72-76H2,1-6H3,(H-,81,83,85,86)/p+1/b23-20-,31-29-,71-68+. The molecule has 0 bridgehead atoms. The summed E-state index contributed by atoms with van der Waals surface area (Å²) >= 11 is 0. The highest BCUT2D eigenvalue weighted by Crippen LogP contribution is 2.43. The van der Waals surface area contributed by atoms with Gasteiger partial charge in [0.1, 0.15) is 19.3 Å². The molecule has 0 saturated carbocycles. The maximum Gasteiger partial charge on any atom is 0.472 e. The average Bonchev–Trinajstić information content (AvgIpc) is 3.11. The number of hydrogen-bond donors (Lipinski definition) is 2. The van der Waals surface area contributed by atoms with Crippen molar-refractivity contribution in [2.45, 2.75) is 425 Å². The molecule has 0 fully saturated rings. The Labute approximate surface area is 561 Å². The summed E-state index contributed by atoms with van der Waals surface area (Å²) in [6.07, 6.45) is 89.0. The number of amides is 1. The summed E-state index contributed by atoms with van der Waals surface area (Å²) in [5, 5.41) is 3.09. The molecular weight excluding hydrogens is 1130 g/mol. The number of likely N-dealkylation sites (N-methyl/N-ethyl adjacent to an activating group) is 1. The molecule has 0 aromatic carbocycles. The quantitative estimate of drug-likeness (QED) is 0.0205. The molecule has 0 rings (SSSR count). The third kappa shape index (κ3) is 70.5. The molecule has 0 aliphatic rings. The molecule has 90 heavy (non-hydrogen) atoms. The fourth-order valence-corrected chi connectivity index (χ4v) is 12.9. The maximum absolute atomic E-state index is 13.7. The van der Waals surface area contributed by atoms with Crippen LogP contribution in [-0.4, -0.2) is 74.3 Å². The minimum absolute atomic E-state index is 0.0440. The Morgan fingerprint density at radius 2 is 0.678 bits per heavy atom. The van der Waals surface area contributed by atoms with Crippen molar-refractivity contribution in [2.75, 3.05) is 40.9 Å². The Morgan fingerprint density at radius 3 is 1.02 bits per heavy atom. The van der Waals surface area contributed by atoms with E-state index in [0.717, 1.165) is 64.2 Å². The molecule has 9 nitrogen and oxygen atoms in total. The first-order valence-corrected chi connectivity index (χ1v) is 41.3. The molecule has 0 heterocycles. The van der Waals surface area contributed by atoms with Crippen molar-refractivity contribution in [1.82, 2.24) is 5.32 Å². The van der Waals surface area contributed by atoms with E-state index in [-0.39, 0.29) is 25.1 Å². The third-order valence-corrected chi connectivity index (χ3v) is 19.3. The van der Waals surface area contributed by atoms with E-state index in [2.05, 4.69) is 56.5 Å². The van der Waals surface area contributed by atoms with Gasteiger partial charge >= 0.3 is 13.8 Å². The van der Waals surface area contributed by atoms with E-state index in [1.54, 1.807) is 0 Å². The van der Waals surface area contributed by atoms with Crippen molar-refractivity contribution >= 4 is 19.7 Å². The Kier molecular flexibility index (Phi) is 68.7. The van der Waals surface area contributed by atoms with Crippen molar-refractivity contribution in [3.8, 4) is 0 Å². The molecule has 1 amide bonds. The Hall–Kier alpha value is -1.77. The van der Waals surface area contributed by atoms with Crippen LogP contribution in [-0.2, 0) is 27.9 Å². The summed E-state index contributed by atoms with van der Waals surface area (Å²) in [4.78, 5) is 38.0. The van der Waals surface area contributed by atoms with Gasteiger partial charge in [-0.15, -0.1) is 0 Å². The second-order valence-electron chi connectivity index (χ2n) is 28.6. The number of unbranched alkanes of at least 4 members (excludes halogenated alkanes) is 54. The predicted octanol–water partition coefficient (Wildman–Crippen LogP) is 25.7. The second-order valence-corrected chi connectivity index (χ2v) is 30.1. The molecule has 2 N–H and O–H groups in total. The van der Waals surface area contributed by atoms with Gasteiger partial charge in [0.15, 0.2) is 0 Å². The lowest BCUT2D eigenvalue weighted by atomic mass is 10.0. The minimum Gasteiger partial charge on any atom is -0.456 e. The van der Waals surface area contributed by atoms with Gasteiger partial charge in [-0.05, 0) is 63.9 Å². The molecule has 0 radical (unpaired) electrons. The largest absolute Gasteiger partial charge is 0.472 e. The normalized spacial score (nSPS) is 13.5. The van der Waals surface area contributed by atoms with Crippen LogP contribution in [0, 0.1) is 0 Å². The van der Waals surface area contributed by atoms with E-state index in [4.69, 9.17) is 13.8 Å². The number of carbonyl (C=O) groups is 2. The number of quaternary nitrogens is 1. The maximum atomic E-state index is 13.7. The van der Waals surface area contributed by atoms with Gasteiger partial charge in [-0.25, -0.2) is 4.57 Å². The van der Waals surface area contributed by atoms with Crippen LogP contribution in [0.15, 0.2) is 36.5 Å². The lowest BCUT2D eigenvalue weighted by Gasteiger charge is -2.27. The number of esters is 1. The number of nitrogens with one attached hydrogen (secondary N) is 1. The Morgan fingerprint density at radius 1 is 0.389 bits per heavy atom.